The summed E-state index contributed by atoms with van der Waals surface area (Å²) in [6, 6.07) is 12.7. The smallest absolute Gasteiger partial charge is 0.292 e. The Balaban J connectivity index is 1.45. The molecular weight excluding hydrogens is 401 g/mol. The second kappa shape index (κ2) is 8.12. The zero-order valence-corrected chi connectivity index (χ0v) is 16.3. The molecule has 8 heteroatoms. The number of hydrogen-bond acceptors (Lipinski definition) is 5. The summed E-state index contributed by atoms with van der Waals surface area (Å²) in [4.78, 5) is 12.5. The minimum atomic E-state index is -0.395. The highest BCUT2D eigenvalue weighted by molar-refractivity contribution is 6.33. The molecule has 0 radical (unpaired) electrons. The predicted octanol–water partition coefficient (Wildman–Crippen LogP) is 3.97. The van der Waals surface area contributed by atoms with Gasteiger partial charge in [0.25, 0.3) is 5.56 Å². The van der Waals surface area contributed by atoms with Gasteiger partial charge in [-0.1, -0.05) is 29.3 Å². The molecule has 6 nitrogen and oxygen atoms in total. The fraction of sp³-hybridized carbons (Fsp3) is 0.200. The van der Waals surface area contributed by atoms with Gasteiger partial charge in [-0.25, -0.2) is 0 Å². The van der Waals surface area contributed by atoms with Crippen molar-refractivity contribution in [2.45, 2.75) is 6.42 Å². The largest absolute Gasteiger partial charge is 0.486 e. The van der Waals surface area contributed by atoms with Crippen molar-refractivity contribution in [1.82, 2.24) is 9.78 Å². The van der Waals surface area contributed by atoms with Crippen molar-refractivity contribution < 1.29 is 9.47 Å². The molecule has 1 aliphatic heterocycles. The molecule has 4 rings (SSSR count). The molecule has 0 amide bonds. The van der Waals surface area contributed by atoms with Gasteiger partial charge in [0.15, 0.2) is 11.5 Å². The van der Waals surface area contributed by atoms with Crippen molar-refractivity contribution in [2.75, 3.05) is 25.1 Å². The van der Waals surface area contributed by atoms with Gasteiger partial charge in [-0.05, 0) is 48.4 Å². The van der Waals surface area contributed by atoms with E-state index in [-0.39, 0.29) is 5.02 Å². The Bertz CT molecular complexity index is 1050. The highest BCUT2D eigenvalue weighted by Crippen LogP contribution is 2.30. The van der Waals surface area contributed by atoms with E-state index in [1.165, 1.54) is 4.68 Å². The number of rotatable bonds is 5. The lowest BCUT2D eigenvalue weighted by molar-refractivity contribution is 0.171. The van der Waals surface area contributed by atoms with Gasteiger partial charge in [-0.15, -0.1) is 0 Å². The number of ether oxygens (including phenoxy) is 2. The second-order valence-corrected chi connectivity index (χ2v) is 7.03. The van der Waals surface area contributed by atoms with Crippen LogP contribution in [0, 0.1) is 0 Å². The number of nitrogens with zero attached hydrogens (tertiary/aromatic N) is 2. The highest BCUT2D eigenvalue weighted by Gasteiger charge is 2.13. The van der Waals surface area contributed by atoms with Crippen molar-refractivity contribution in [1.29, 1.82) is 0 Å². The van der Waals surface area contributed by atoms with Gasteiger partial charge in [0.05, 0.1) is 17.6 Å². The van der Waals surface area contributed by atoms with Crippen LogP contribution in [0.2, 0.25) is 10.0 Å². The van der Waals surface area contributed by atoms with Crippen LogP contribution in [0.3, 0.4) is 0 Å². The van der Waals surface area contributed by atoms with Gasteiger partial charge in [0.2, 0.25) is 0 Å². The standard InChI is InChI=1S/C20H17Cl2N3O3/c21-14-2-4-15(5-3-14)25-20(26)19(22)16(12-24-25)23-8-7-13-1-6-17-18(11-13)28-10-9-27-17/h1-6,11-12,23H,7-10H2. The normalized spacial score (nSPS) is 12.6. The third-order valence-corrected chi connectivity index (χ3v) is 4.94. The first-order valence-corrected chi connectivity index (χ1v) is 9.53. The third kappa shape index (κ3) is 3.93. The van der Waals surface area contributed by atoms with Crippen molar-refractivity contribution in [3.8, 4) is 17.2 Å². The monoisotopic (exact) mass is 417 g/mol. The molecule has 28 heavy (non-hydrogen) atoms. The SMILES string of the molecule is O=c1c(Cl)c(NCCc2ccc3c(c2)OCCO3)cnn1-c1ccc(Cl)cc1. The quantitative estimate of drug-likeness (QED) is 0.680. The van der Waals surface area contributed by atoms with Crippen molar-refractivity contribution in [2.24, 2.45) is 0 Å². The average molecular weight is 418 g/mol. The van der Waals surface area contributed by atoms with Crippen LogP contribution in [0.15, 0.2) is 53.5 Å². The number of nitrogens with one attached hydrogen (secondary N) is 1. The van der Waals surface area contributed by atoms with Crippen LogP contribution in [0.5, 0.6) is 11.5 Å². The fourth-order valence-electron chi connectivity index (χ4n) is 2.91. The van der Waals surface area contributed by atoms with E-state index in [1.54, 1.807) is 30.5 Å². The third-order valence-electron chi connectivity index (χ3n) is 4.33. The number of benzene rings is 2. The van der Waals surface area contributed by atoms with E-state index in [0.717, 1.165) is 23.5 Å². The summed E-state index contributed by atoms with van der Waals surface area (Å²) in [5.41, 5.74) is 1.79. The summed E-state index contributed by atoms with van der Waals surface area (Å²) in [6.45, 7) is 1.71. The first kappa shape index (κ1) is 18.7. The topological polar surface area (TPSA) is 65.4 Å². The molecule has 1 aliphatic rings. The molecule has 0 aliphatic carbocycles. The predicted molar refractivity (Wildman–Crippen MR) is 109 cm³/mol. The fourth-order valence-corrected chi connectivity index (χ4v) is 3.23. The van der Waals surface area contributed by atoms with Crippen molar-refractivity contribution in [3.05, 3.63) is 74.6 Å². The molecule has 2 heterocycles. The first-order chi connectivity index (χ1) is 13.6. The van der Waals surface area contributed by atoms with E-state index in [1.807, 2.05) is 18.2 Å². The molecule has 0 unspecified atom stereocenters. The van der Waals surface area contributed by atoms with E-state index >= 15 is 0 Å². The molecule has 0 saturated carbocycles. The Morgan fingerprint density at radius 3 is 2.57 bits per heavy atom. The molecule has 0 bridgehead atoms. The molecule has 0 fully saturated rings. The molecule has 0 saturated heterocycles. The average Bonchev–Trinajstić information content (AvgIpc) is 2.72. The summed E-state index contributed by atoms with van der Waals surface area (Å²) in [7, 11) is 0. The van der Waals surface area contributed by atoms with Crippen molar-refractivity contribution in [3.63, 3.8) is 0 Å². The molecule has 144 valence electrons. The number of hydrogen-bond donors (Lipinski definition) is 1. The van der Waals surface area contributed by atoms with E-state index in [2.05, 4.69) is 10.4 Å². The van der Waals surface area contributed by atoms with Crippen LogP contribution in [-0.2, 0) is 6.42 Å². The van der Waals surface area contributed by atoms with E-state index in [0.29, 0.717) is 36.2 Å². The molecular formula is C20H17Cl2N3O3. The molecule has 1 N–H and O–H groups in total. The van der Waals surface area contributed by atoms with E-state index in [9.17, 15) is 4.79 Å². The summed E-state index contributed by atoms with van der Waals surface area (Å²) in [5, 5.41) is 8.04. The summed E-state index contributed by atoms with van der Waals surface area (Å²) >= 11 is 12.1. The van der Waals surface area contributed by atoms with Gasteiger partial charge in [0.1, 0.15) is 18.2 Å². The maximum atomic E-state index is 12.5. The van der Waals surface area contributed by atoms with Gasteiger partial charge < -0.3 is 14.8 Å². The lowest BCUT2D eigenvalue weighted by Crippen LogP contribution is -2.23. The van der Waals surface area contributed by atoms with Crippen LogP contribution in [0.25, 0.3) is 5.69 Å². The van der Waals surface area contributed by atoms with Crippen LogP contribution >= 0.6 is 23.2 Å². The lowest BCUT2D eigenvalue weighted by atomic mass is 10.1. The van der Waals surface area contributed by atoms with Crippen LogP contribution < -0.4 is 20.3 Å². The Labute approximate surface area is 171 Å². The molecule has 0 spiro atoms. The summed E-state index contributed by atoms with van der Waals surface area (Å²) in [6.07, 6.45) is 2.27. The number of fused-ring (bicyclic) bond motifs is 1. The maximum Gasteiger partial charge on any atom is 0.292 e. The Morgan fingerprint density at radius 2 is 1.79 bits per heavy atom. The molecule has 1 aromatic heterocycles. The van der Waals surface area contributed by atoms with Gasteiger partial charge in [-0.3, -0.25) is 4.79 Å². The number of anilines is 1. The minimum absolute atomic E-state index is 0.0899. The Hall–Kier alpha value is -2.70. The first-order valence-electron chi connectivity index (χ1n) is 8.78. The number of halogens is 2. The van der Waals surface area contributed by atoms with Gasteiger partial charge in [-0.2, -0.15) is 9.78 Å². The maximum absolute atomic E-state index is 12.5. The van der Waals surface area contributed by atoms with Crippen LogP contribution in [0.1, 0.15) is 5.56 Å². The van der Waals surface area contributed by atoms with Gasteiger partial charge >= 0.3 is 0 Å². The number of aromatic nitrogens is 2. The molecule has 3 aromatic rings. The van der Waals surface area contributed by atoms with E-state index in [4.69, 9.17) is 32.7 Å². The molecule has 0 atom stereocenters. The highest BCUT2D eigenvalue weighted by atomic mass is 35.5. The van der Waals surface area contributed by atoms with Gasteiger partial charge in [0, 0.05) is 11.6 Å². The lowest BCUT2D eigenvalue weighted by Gasteiger charge is -2.19. The molecule has 2 aromatic carbocycles. The van der Waals surface area contributed by atoms with E-state index < -0.39 is 5.56 Å². The Morgan fingerprint density at radius 1 is 1.04 bits per heavy atom. The second-order valence-electron chi connectivity index (χ2n) is 6.22. The zero-order valence-electron chi connectivity index (χ0n) is 14.8. The van der Waals surface area contributed by atoms with Crippen LogP contribution in [-0.4, -0.2) is 29.5 Å². The van der Waals surface area contributed by atoms with Crippen molar-refractivity contribution >= 4 is 28.9 Å². The van der Waals surface area contributed by atoms with Crippen LogP contribution in [0.4, 0.5) is 5.69 Å². The summed E-state index contributed by atoms with van der Waals surface area (Å²) in [5.74, 6) is 1.52. The zero-order chi connectivity index (χ0) is 19.5. The minimum Gasteiger partial charge on any atom is -0.486 e. The summed E-state index contributed by atoms with van der Waals surface area (Å²) < 4.78 is 12.4. The Kier molecular flexibility index (Phi) is 5.41.